The van der Waals surface area contributed by atoms with E-state index >= 15 is 0 Å². The van der Waals surface area contributed by atoms with Crippen LogP contribution >= 0.6 is 22.9 Å². The first-order valence-corrected chi connectivity index (χ1v) is 10.00. The molecule has 1 aromatic carbocycles. The van der Waals surface area contributed by atoms with Crippen LogP contribution in [0.25, 0.3) is 0 Å². The number of anilines is 1. The molecule has 1 aliphatic heterocycles. The highest BCUT2D eigenvalue weighted by molar-refractivity contribution is 7.13. The number of hydrogen-bond acceptors (Lipinski definition) is 8. The second-order valence-electron chi connectivity index (χ2n) is 5.78. The Kier molecular flexibility index (Phi) is 7.07. The average molecular weight is 425 g/mol. The maximum absolute atomic E-state index is 12.3. The number of rotatable bonds is 7. The number of carbonyl (C=O) groups excluding carboxylic acids is 1. The fourth-order valence-electron chi connectivity index (χ4n) is 2.59. The molecule has 28 heavy (non-hydrogen) atoms. The molecule has 150 valence electrons. The predicted octanol–water partition coefficient (Wildman–Crippen LogP) is 2.80. The van der Waals surface area contributed by atoms with Gasteiger partial charge in [-0.3, -0.25) is 4.79 Å². The largest absolute Gasteiger partial charge is 0.493 e. The van der Waals surface area contributed by atoms with E-state index in [1.165, 1.54) is 24.7 Å². The van der Waals surface area contributed by atoms with Crippen molar-refractivity contribution in [2.24, 2.45) is 5.10 Å². The third kappa shape index (κ3) is 4.92. The van der Waals surface area contributed by atoms with Gasteiger partial charge in [-0.05, 0) is 24.6 Å². The number of nitrogens with zero attached hydrogens (tertiary/aromatic N) is 3. The first kappa shape index (κ1) is 20.4. The molecule has 1 aromatic heterocycles. The molecule has 3 rings (SSSR count). The number of aromatic nitrogens is 1. The lowest BCUT2D eigenvalue weighted by molar-refractivity contribution is 0.0951. The van der Waals surface area contributed by atoms with E-state index in [1.54, 1.807) is 17.5 Å². The Bertz CT molecular complexity index is 852. The van der Waals surface area contributed by atoms with Gasteiger partial charge in [0.1, 0.15) is 5.69 Å². The van der Waals surface area contributed by atoms with E-state index in [0.29, 0.717) is 47.6 Å². The summed E-state index contributed by atoms with van der Waals surface area (Å²) in [6.07, 6.45) is 1.48. The molecule has 2 heterocycles. The molecule has 0 saturated carbocycles. The number of methoxy groups -OCH3 is 1. The number of hydrogen-bond donors (Lipinski definition) is 1. The van der Waals surface area contributed by atoms with Crippen LogP contribution in [-0.4, -0.2) is 57.1 Å². The zero-order valence-corrected chi connectivity index (χ0v) is 17.2. The monoisotopic (exact) mass is 424 g/mol. The predicted molar refractivity (Wildman–Crippen MR) is 109 cm³/mol. The summed E-state index contributed by atoms with van der Waals surface area (Å²) in [7, 11) is 1.53. The van der Waals surface area contributed by atoms with Crippen molar-refractivity contribution < 1.29 is 19.0 Å². The van der Waals surface area contributed by atoms with E-state index in [-0.39, 0.29) is 5.91 Å². The van der Waals surface area contributed by atoms with Crippen LogP contribution in [0.3, 0.4) is 0 Å². The number of morpholine rings is 1. The molecule has 2 aromatic rings. The molecule has 0 radical (unpaired) electrons. The Morgan fingerprint density at radius 2 is 2.25 bits per heavy atom. The molecular formula is C18H21ClN4O4S. The van der Waals surface area contributed by atoms with Crippen molar-refractivity contribution in [3.63, 3.8) is 0 Å². The molecule has 1 aliphatic rings. The molecule has 0 unspecified atom stereocenters. The zero-order chi connectivity index (χ0) is 19.9. The highest BCUT2D eigenvalue weighted by Crippen LogP contribution is 2.36. The average Bonchev–Trinajstić information content (AvgIpc) is 3.21. The molecule has 10 heteroatoms. The third-order valence-corrected chi connectivity index (χ3v) is 5.11. The molecule has 0 bridgehead atoms. The summed E-state index contributed by atoms with van der Waals surface area (Å²) in [5.74, 6) is 0.596. The number of ether oxygens (including phenoxy) is 3. The maximum atomic E-state index is 12.3. The highest BCUT2D eigenvalue weighted by Gasteiger charge is 2.17. The molecule has 0 spiro atoms. The van der Waals surface area contributed by atoms with Gasteiger partial charge in [0.05, 0.1) is 38.2 Å². The van der Waals surface area contributed by atoms with Crippen LogP contribution in [0, 0.1) is 0 Å². The van der Waals surface area contributed by atoms with Crippen molar-refractivity contribution in [3.8, 4) is 11.5 Å². The Balaban J connectivity index is 1.63. The lowest BCUT2D eigenvalue weighted by atomic mass is 10.2. The molecule has 1 N–H and O–H groups in total. The molecule has 1 fully saturated rings. The fourth-order valence-corrected chi connectivity index (χ4v) is 3.72. The van der Waals surface area contributed by atoms with E-state index < -0.39 is 0 Å². The van der Waals surface area contributed by atoms with Gasteiger partial charge in [-0.2, -0.15) is 5.10 Å². The number of nitrogens with one attached hydrogen (secondary N) is 1. The molecule has 0 aliphatic carbocycles. The number of carbonyl (C=O) groups is 1. The number of thiazole rings is 1. The van der Waals surface area contributed by atoms with E-state index in [1.807, 2.05) is 6.92 Å². The van der Waals surface area contributed by atoms with Crippen LogP contribution < -0.4 is 19.8 Å². The number of hydrazone groups is 1. The molecule has 8 nitrogen and oxygen atoms in total. The Morgan fingerprint density at radius 1 is 1.46 bits per heavy atom. The summed E-state index contributed by atoms with van der Waals surface area (Å²) >= 11 is 7.66. The standard InChI is InChI=1S/C18H21ClN4O4S/c1-3-27-16-13(19)8-12(9-15(16)25-2)10-20-22-17(24)14-11-28-18(21-14)23-4-6-26-7-5-23/h8-11H,3-7H2,1-2H3,(H,22,24)/b20-10+. The minimum absolute atomic E-state index is 0.325. The summed E-state index contributed by atoms with van der Waals surface area (Å²) in [5, 5.41) is 6.91. The minimum atomic E-state index is -0.379. The van der Waals surface area contributed by atoms with Gasteiger partial charge in [0.25, 0.3) is 5.91 Å². The Labute approximate surface area is 172 Å². The first-order chi connectivity index (χ1) is 13.6. The molecule has 0 atom stereocenters. The van der Waals surface area contributed by atoms with Crippen LogP contribution in [-0.2, 0) is 4.74 Å². The second-order valence-corrected chi connectivity index (χ2v) is 7.02. The molecule has 1 amide bonds. The van der Waals surface area contributed by atoms with Crippen molar-refractivity contribution in [1.29, 1.82) is 0 Å². The van der Waals surface area contributed by atoms with E-state index in [2.05, 4.69) is 20.4 Å². The lowest BCUT2D eigenvalue weighted by Crippen LogP contribution is -2.36. The number of amides is 1. The van der Waals surface area contributed by atoms with Crippen LogP contribution in [0.4, 0.5) is 5.13 Å². The van der Waals surface area contributed by atoms with Crippen molar-refractivity contribution in [1.82, 2.24) is 10.4 Å². The number of benzene rings is 1. The highest BCUT2D eigenvalue weighted by atomic mass is 35.5. The minimum Gasteiger partial charge on any atom is -0.493 e. The Morgan fingerprint density at radius 3 is 2.96 bits per heavy atom. The van der Waals surface area contributed by atoms with Gasteiger partial charge in [0, 0.05) is 18.5 Å². The van der Waals surface area contributed by atoms with Gasteiger partial charge in [-0.1, -0.05) is 11.6 Å². The van der Waals surface area contributed by atoms with Crippen LogP contribution in [0.1, 0.15) is 23.0 Å². The summed E-state index contributed by atoms with van der Waals surface area (Å²) in [5.41, 5.74) is 3.47. The lowest BCUT2D eigenvalue weighted by Gasteiger charge is -2.25. The van der Waals surface area contributed by atoms with Crippen molar-refractivity contribution in [2.45, 2.75) is 6.92 Å². The zero-order valence-electron chi connectivity index (χ0n) is 15.6. The third-order valence-electron chi connectivity index (χ3n) is 3.93. The van der Waals surface area contributed by atoms with E-state index in [4.69, 9.17) is 25.8 Å². The van der Waals surface area contributed by atoms with Gasteiger partial charge < -0.3 is 19.1 Å². The second kappa shape index (κ2) is 9.72. The van der Waals surface area contributed by atoms with Gasteiger partial charge in [0.2, 0.25) is 0 Å². The quantitative estimate of drug-likeness (QED) is 0.543. The van der Waals surface area contributed by atoms with Gasteiger partial charge in [-0.25, -0.2) is 10.4 Å². The molecular weight excluding hydrogens is 404 g/mol. The SMILES string of the molecule is CCOc1c(Cl)cc(/C=N/NC(=O)c2csc(N3CCOCC3)n2)cc1OC. The summed E-state index contributed by atoms with van der Waals surface area (Å²) < 4.78 is 16.1. The van der Waals surface area contributed by atoms with Crippen LogP contribution in [0.5, 0.6) is 11.5 Å². The van der Waals surface area contributed by atoms with Gasteiger partial charge in [-0.15, -0.1) is 11.3 Å². The number of halogens is 1. The van der Waals surface area contributed by atoms with Gasteiger partial charge >= 0.3 is 0 Å². The smallest absolute Gasteiger partial charge is 0.290 e. The van der Waals surface area contributed by atoms with Crippen molar-refractivity contribution >= 4 is 40.2 Å². The Hall–Kier alpha value is -2.36. The van der Waals surface area contributed by atoms with Crippen molar-refractivity contribution in [2.75, 3.05) is 44.9 Å². The topological polar surface area (TPSA) is 85.3 Å². The fraction of sp³-hybridized carbons (Fsp3) is 0.389. The maximum Gasteiger partial charge on any atom is 0.290 e. The van der Waals surface area contributed by atoms with Crippen molar-refractivity contribution in [3.05, 3.63) is 33.8 Å². The van der Waals surface area contributed by atoms with Gasteiger partial charge in [0.15, 0.2) is 16.6 Å². The van der Waals surface area contributed by atoms with Crippen LogP contribution in [0.15, 0.2) is 22.6 Å². The van der Waals surface area contributed by atoms with Crippen LogP contribution in [0.2, 0.25) is 5.02 Å². The van der Waals surface area contributed by atoms with E-state index in [9.17, 15) is 4.79 Å². The summed E-state index contributed by atoms with van der Waals surface area (Å²) in [6.45, 7) is 5.21. The van der Waals surface area contributed by atoms with E-state index in [0.717, 1.165) is 18.2 Å². The normalized spacial score (nSPS) is 14.3. The first-order valence-electron chi connectivity index (χ1n) is 8.74. The molecule has 1 saturated heterocycles. The summed E-state index contributed by atoms with van der Waals surface area (Å²) in [4.78, 5) is 18.7. The summed E-state index contributed by atoms with van der Waals surface area (Å²) in [6, 6.07) is 3.41.